The number of esters is 1. The van der Waals surface area contributed by atoms with Crippen molar-refractivity contribution in [2.24, 2.45) is 0 Å². The molecule has 0 aliphatic carbocycles. The molecular formula is C18H21F3N4O3. The van der Waals surface area contributed by atoms with Gasteiger partial charge in [0.1, 0.15) is 5.56 Å². The van der Waals surface area contributed by atoms with Crippen molar-refractivity contribution >= 4 is 17.7 Å². The Kier molecular flexibility index (Phi) is 6.01. The lowest BCUT2D eigenvalue weighted by molar-refractivity contribution is -0.143. The Morgan fingerprint density at radius 3 is 2.25 bits per heavy atom. The summed E-state index contributed by atoms with van der Waals surface area (Å²) in [5.41, 5.74) is -1.87. The van der Waals surface area contributed by atoms with Gasteiger partial charge in [-0.3, -0.25) is 0 Å². The van der Waals surface area contributed by atoms with E-state index in [4.69, 9.17) is 0 Å². The molecule has 0 unspecified atom stereocenters. The first-order chi connectivity index (χ1) is 12.9. The molecule has 28 heavy (non-hydrogen) atoms. The van der Waals surface area contributed by atoms with Gasteiger partial charge in [0.2, 0.25) is 0 Å². The molecule has 2 rings (SSSR count). The van der Waals surface area contributed by atoms with Crippen LogP contribution in [-0.4, -0.2) is 33.9 Å². The SMILES string of the molecule is CCOC(=O)c1cnn(-c2ccc(NC(=O)NC(C)(C)C)cc2)c1C(F)(F)F. The van der Waals surface area contributed by atoms with Gasteiger partial charge in [0.15, 0.2) is 5.69 Å². The lowest BCUT2D eigenvalue weighted by Gasteiger charge is -2.20. The van der Waals surface area contributed by atoms with E-state index in [-0.39, 0.29) is 12.3 Å². The van der Waals surface area contributed by atoms with Gasteiger partial charge < -0.3 is 15.4 Å². The number of hydrogen-bond donors (Lipinski definition) is 2. The number of nitrogens with zero attached hydrogens (tertiary/aromatic N) is 2. The highest BCUT2D eigenvalue weighted by molar-refractivity contribution is 5.91. The molecule has 1 aromatic heterocycles. The number of benzene rings is 1. The van der Waals surface area contributed by atoms with Crippen LogP contribution in [0.4, 0.5) is 23.7 Å². The highest BCUT2D eigenvalue weighted by atomic mass is 19.4. The van der Waals surface area contributed by atoms with Crippen molar-refractivity contribution in [1.29, 1.82) is 0 Å². The summed E-state index contributed by atoms with van der Waals surface area (Å²) in [5, 5.41) is 8.98. The number of amides is 2. The monoisotopic (exact) mass is 398 g/mol. The van der Waals surface area contributed by atoms with Gasteiger partial charge in [0.25, 0.3) is 0 Å². The highest BCUT2D eigenvalue weighted by Crippen LogP contribution is 2.34. The van der Waals surface area contributed by atoms with Gasteiger partial charge >= 0.3 is 18.2 Å². The average Bonchev–Trinajstić information content (AvgIpc) is 2.99. The Balaban J connectivity index is 2.31. The largest absolute Gasteiger partial charge is 0.462 e. The summed E-state index contributed by atoms with van der Waals surface area (Å²) in [6.07, 6.45) is -3.99. The molecule has 2 aromatic rings. The van der Waals surface area contributed by atoms with Crippen molar-refractivity contribution in [2.75, 3.05) is 11.9 Å². The first kappa shape index (κ1) is 21.3. The smallest absolute Gasteiger partial charge is 0.434 e. The zero-order valence-electron chi connectivity index (χ0n) is 15.8. The van der Waals surface area contributed by atoms with E-state index in [9.17, 15) is 22.8 Å². The minimum atomic E-state index is -4.82. The summed E-state index contributed by atoms with van der Waals surface area (Å²) in [7, 11) is 0. The van der Waals surface area contributed by atoms with Crippen LogP contribution in [0.5, 0.6) is 0 Å². The predicted molar refractivity (Wildman–Crippen MR) is 96.4 cm³/mol. The summed E-state index contributed by atoms with van der Waals surface area (Å²) < 4.78 is 45.8. The van der Waals surface area contributed by atoms with E-state index in [1.165, 1.54) is 31.2 Å². The highest BCUT2D eigenvalue weighted by Gasteiger charge is 2.41. The molecule has 2 amide bonds. The number of carbonyl (C=O) groups excluding carboxylic acids is 2. The van der Waals surface area contributed by atoms with E-state index >= 15 is 0 Å². The Morgan fingerprint density at radius 2 is 1.75 bits per heavy atom. The zero-order chi connectivity index (χ0) is 21.1. The maximum atomic E-state index is 13.5. The van der Waals surface area contributed by atoms with Gasteiger partial charge in [-0.1, -0.05) is 0 Å². The fourth-order valence-electron chi connectivity index (χ4n) is 2.36. The van der Waals surface area contributed by atoms with Crippen LogP contribution in [0.2, 0.25) is 0 Å². The van der Waals surface area contributed by atoms with Crippen molar-refractivity contribution < 1.29 is 27.5 Å². The summed E-state index contributed by atoms with van der Waals surface area (Å²) in [4.78, 5) is 23.7. The third kappa shape index (κ3) is 5.24. The van der Waals surface area contributed by atoms with Crippen LogP contribution >= 0.6 is 0 Å². The summed E-state index contributed by atoms with van der Waals surface area (Å²) in [6.45, 7) is 6.88. The normalized spacial score (nSPS) is 11.8. The number of ether oxygens (including phenoxy) is 1. The Bertz CT molecular complexity index is 852. The van der Waals surface area contributed by atoms with Crippen LogP contribution in [0.3, 0.4) is 0 Å². The van der Waals surface area contributed by atoms with Gasteiger partial charge in [-0.05, 0) is 52.0 Å². The van der Waals surface area contributed by atoms with Gasteiger partial charge in [-0.2, -0.15) is 18.3 Å². The van der Waals surface area contributed by atoms with Gasteiger partial charge in [0.05, 0.1) is 18.5 Å². The van der Waals surface area contributed by atoms with E-state index in [2.05, 4.69) is 20.5 Å². The third-order valence-corrected chi connectivity index (χ3v) is 3.39. The molecule has 1 aromatic carbocycles. The third-order valence-electron chi connectivity index (χ3n) is 3.39. The minimum Gasteiger partial charge on any atom is -0.462 e. The van der Waals surface area contributed by atoms with Crippen LogP contribution in [0.15, 0.2) is 30.5 Å². The minimum absolute atomic E-state index is 0.0572. The number of halogens is 3. The summed E-state index contributed by atoms with van der Waals surface area (Å²) in [6, 6.07) is 5.13. The molecule has 0 spiro atoms. The molecular weight excluding hydrogens is 377 g/mol. The molecule has 0 atom stereocenters. The van der Waals surface area contributed by atoms with Crippen molar-refractivity contribution in [3.8, 4) is 5.69 Å². The number of hydrogen-bond acceptors (Lipinski definition) is 4. The molecule has 10 heteroatoms. The first-order valence-corrected chi connectivity index (χ1v) is 8.44. The number of nitrogens with one attached hydrogen (secondary N) is 2. The second-order valence-corrected chi connectivity index (χ2v) is 6.91. The van der Waals surface area contributed by atoms with E-state index in [0.29, 0.717) is 10.4 Å². The molecule has 7 nitrogen and oxygen atoms in total. The van der Waals surface area contributed by atoms with Gasteiger partial charge in [0, 0.05) is 11.2 Å². The Morgan fingerprint density at radius 1 is 1.14 bits per heavy atom. The fourth-order valence-corrected chi connectivity index (χ4v) is 2.36. The quantitative estimate of drug-likeness (QED) is 0.763. The van der Waals surface area contributed by atoms with Gasteiger partial charge in [-0.15, -0.1) is 0 Å². The number of aromatic nitrogens is 2. The Hall–Kier alpha value is -3.04. The lowest BCUT2D eigenvalue weighted by atomic mass is 10.1. The lowest BCUT2D eigenvalue weighted by Crippen LogP contribution is -2.43. The van der Waals surface area contributed by atoms with E-state index in [1.54, 1.807) is 0 Å². The summed E-state index contributed by atoms with van der Waals surface area (Å²) >= 11 is 0. The molecule has 0 bridgehead atoms. The fraction of sp³-hybridized carbons (Fsp3) is 0.389. The maximum Gasteiger partial charge on any atom is 0.434 e. The second-order valence-electron chi connectivity index (χ2n) is 6.91. The number of carbonyl (C=O) groups is 2. The standard InChI is InChI=1S/C18H21F3N4O3/c1-5-28-15(26)13-10-22-25(14(13)18(19,20)21)12-8-6-11(7-9-12)23-16(27)24-17(2,3)4/h6-10H,5H2,1-4H3,(H2,23,24,27). The van der Waals surface area contributed by atoms with Crippen LogP contribution in [0.1, 0.15) is 43.7 Å². The van der Waals surface area contributed by atoms with Crippen LogP contribution in [0, 0.1) is 0 Å². The molecule has 1 heterocycles. The topological polar surface area (TPSA) is 85.2 Å². The maximum absolute atomic E-state index is 13.5. The van der Waals surface area contributed by atoms with Crippen molar-refractivity contribution in [3.05, 3.63) is 41.7 Å². The molecule has 0 saturated heterocycles. The molecule has 0 radical (unpaired) electrons. The van der Waals surface area contributed by atoms with Crippen molar-refractivity contribution in [3.63, 3.8) is 0 Å². The van der Waals surface area contributed by atoms with E-state index < -0.39 is 35.0 Å². The van der Waals surface area contributed by atoms with E-state index in [1.807, 2.05) is 20.8 Å². The van der Waals surface area contributed by atoms with Crippen molar-refractivity contribution in [1.82, 2.24) is 15.1 Å². The average molecular weight is 398 g/mol. The van der Waals surface area contributed by atoms with Crippen molar-refractivity contribution in [2.45, 2.75) is 39.4 Å². The van der Waals surface area contributed by atoms with Crippen LogP contribution in [0.25, 0.3) is 5.69 Å². The number of rotatable bonds is 4. The first-order valence-electron chi connectivity index (χ1n) is 8.44. The molecule has 0 saturated carbocycles. The number of alkyl halides is 3. The molecule has 0 aliphatic rings. The number of anilines is 1. The van der Waals surface area contributed by atoms with Crippen LogP contribution < -0.4 is 10.6 Å². The predicted octanol–water partition coefficient (Wildman–Crippen LogP) is 3.99. The molecule has 0 aliphatic heterocycles. The molecule has 0 fully saturated rings. The Labute approximate surface area is 159 Å². The van der Waals surface area contributed by atoms with Crippen LogP contribution in [-0.2, 0) is 10.9 Å². The molecule has 2 N–H and O–H groups in total. The van der Waals surface area contributed by atoms with Gasteiger partial charge in [-0.25, -0.2) is 14.3 Å². The summed E-state index contributed by atoms with van der Waals surface area (Å²) in [5.74, 6) is -1.10. The second kappa shape index (κ2) is 7.91. The van der Waals surface area contributed by atoms with E-state index in [0.717, 1.165) is 6.20 Å². The zero-order valence-corrected chi connectivity index (χ0v) is 15.8. The molecule has 152 valence electrons. The number of urea groups is 1.